The highest BCUT2D eigenvalue weighted by molar-refractivity contribution is 5.91. The molecule has 5 nitrogen and oxygen atoms in total. The van der Waals surface area contributed by atoms with Gasteiger partial charge in [-0.3, -0.25) is 9.48 Å². The molecule has 0 unspecified atom stereocenters. The third-order valence-electron chi connectivity index (χ3n) is 4.67. The van der Waals surface area contributed by atoms with Gasteiger partial charge in [0.05, 0.1) is 5.69 Å². The zero-order valence-corrected chi connectivity index (χ0v) is 13.0. The van der Waals surface area contributed by atoms with E-state index in [4.69, 9.17) is 0 Å². The van der Waals surface area contributed by atoms with Crippen LogP contribution >= 0.6 is 0 Å². The lowest BCUT2D eigenvalue weighted by Crippen LogP contribution is -2.43. The number of carbonyl (C=O) groups is 1. The standard InChI is InChI=1S/C16H25N3O2/c1-3-16(13-20)8-11-18(12-9-16)15(21)6-5-14-7-10-17-19(14)4-2/h5-7,10,20H,3-4,8-9,11-13H2,1-2H3/b6-5+. The number of likely N-dealkylation sites (tertiary alicyclic amines) is 1. The largest absolute Gasteiger partial charge is 0.396 e. The number of aryl methyl sites for hydroxylation is 1. The summed E-state index contributed by atoms with van der Waals surface area (Å²) in [6, 6.07) is 1.90. The second-order valence-electron chi connectivity index (χ2n) is 5.74. The molecule has 0 spiro atoms. The van der Waals surface area contributed by atoms with Crippen LogP contribution in [0.2, 0.25) is 0 Å². The Hall–Kier alpha value is -1.62. The summed E-state index contributed by atoms with van der Waals surface area (Å²) >= 11 is 0. The van der Waals surface area contributed by atoms with Gasteiger partial charge >= 0.3 is 0 Å². The molecule has 1 saturated heterocycles. The van der Waals surface area contributed by atoms with Gasteiger partial charge in [0.1, 0.15) is 0 Å². The molecule has 5 heteroatoms. The van der Waals surface area contributed by atoms with Gasteiger partial charge in [-0.15, -0.1) is 0 Å². The molecule has 1 aromatic rings. The van der Waals surface area contributed by atoms with Crippen molar-refractivity contribution < 1.29 is 9.90 Å². The number of hydrogen-bond acceptors (Lipinski definition) is 3. The van der Waals surface area contributed by atoms with Gasteiger partial charge in [0.25, 0.3) is 0 Å². The number of piperidine rings is 1. The predicted octanol–water partition coefficient (Wildman–Crippen LogP) is 1.93. The maximum absolute atomic E-state index is 12.2. The van der Waals surface area contributed by atoms with Crippen LogP contribution in [0.15, 0.2) is 18.3 Å². The van der Waals surface area contributed by atoms with E-state index in [-0.39, 0.29) is 17.9 Å². The molecule has 116 valence electrons. The Morgan fingerprint density at radius 2 is 2.14 bits per heavy atom. The van der Waals surface area contributed by atoms with E-state index >= 15 is 0 Å². The minimum absolute atomic E-state index is 0.0152. The van der Waals surface area contributed by atoms with E-state index < -0.39 is 0 Å². The number of hydrogen-bond donors (Lipinski definition) is 1. The van der Waals surface area contributed by atoms with Crippen molar-refractivity contribution in [2.45, 2.75) is 39.7 Å². The molecule has 0 bridgehead atoms. The van der Waals surface area contributed by atoms with Crippen molar-refractivity contribution in [3.05, 3.63) is 24.0 Å². The number of aliphatic hydroxyl groups is 1. The first-order valence-corrected chi connectivity index (χ1v) is 7.74. The summed E-state index contributed by atoms with van der Waals surface area (Å²) in [7, 11) is 0. The van der Waals surface area contributed by atoms with E-state index in [1.165, 1.54) is 0 Å². The molecular weight excluding hydrogens is 266 g/mol. The molecule has 0 atom stereocenters. The van der Waals surface area contributed by atoms with Gasteiger partial charge in [-0.2, -0.15) is 5.10 Å². The van der Waals surface area contributed by atoms with E-state index in [9.17, 15) is 9.90 Å². The lowest BCUT2D eigenvalue weighted by molar-refractivity contribution is -0.128. The van der Waals surface area contributed by atoms with Crippen molar-refractivity contribution in [2.75, 3.05) is 19.7 Å². The van der Waals surface area contributed by atoms with Gasteiger partial charge < -0.3 is 10.0 Å². The highest BCUT2D eigenvalue weighted by Crippen LogP contribution is 2.34. The van der Waals surface area contributed by atoms with Crippen molar-refractivity contribution in [3.63, 3.8) is 0 Å². The summed E-state index contributed by atoms with van der Waals surface area (Å²) in [6.07, 6.45) is 7.93. The zero-order chi connectivity index (χ0) is 15.3. The van der Waals surface area contributed by atoms with E-state index in [0.717, 1.165) is 44.6 Å². The third kappa shape index (κ3) is 3.53. The molecule has 0 radical (unpaired) electrons. The molecule has 1 amide bonds. The zero-order valence-electron chi connectivity index (χ0n) is 13.0. The van der Waals surface area contributed by atoms with Crippen LogP contribution in [0.5, 0.6) is 0 Å². The molecule has 2 heterocycles. The summed E-state index contributed by atoms with van der Waals surface area (Å²) in [5, 5.41) is 13.7. The lowest BCUT2D eigenvalue weighted by atomic mass is 9.77. The monoisotopic (exact) mass is 291 g/mol. The van der Waals surface area contributed by atoms with Crippen LogP contribution in [0.3, 0.4) is 0 Å². The minimum atomic E-state index is 0.0152. The maximum atomic E-state index is 12.2. The van der Waals surface area contributed by atoms with Crippen molar-refractivity contribution in [1.82, 2.24) is 14.7 Å². The summed E-state index contributed by atoms with van der Waals surface area (Å²) in [5.74, 6) is 0.0431. The molecule has 0 aliphatic carbocycles. The van der Waals surface area contributed by atoms with Crippen LogP contribution in [-0.4, -0.2) is 45.4 Å². The average molecular weight is 291 g/mol. The van der Waals surface area contributed by atoms with Gasteiger partial charge in [0.15, 0.2) is 0 Å². The Morgan fingerprint density at radius 3 is 2.71 bits per heavy atom. The highest BCUT2D eigenvalue weighted by atomic mass is 16.3. The number of amides is 1. The van der Waals surface area contributed by atoms with Crippen LogP contribution in [0.4, 0.5) is 0 Å². The predicted molar refractivity (Wildman–Crippen MR) is 82.6 cm³/mol. The summed E-state index contributed by atoms with van der Waals surface area (Å²) in [5.41, 5.74) is 0.961. The van der Waals surface area contributed by atoms with Gasteiger partial charge in [0, 0.05) is 38.5 Å². The van der Waals surface area contributed by atoms with Gasteiger partial charge in [-0.25, -0.2) is 0 Å². The number of aromatic nitrogens is 2. The Balaban J connectivity index is 1.93. The Bertz CT molecular complexity index is 493. The Morgan fingerprint density at radius 1 is 1.43 bits per heavy atom. The maximum Gasteiger partial charge on any atom is 0.246 e. The van der Waals surface area contributed by atoms with E-state index in [2.05, 4.69) is 12.0 Å². The second-order valence-corrected chi connectivity index (χ2v) is 5.74. The van der Waals surface area contributed by atoms with Crippen LogP contribution < -0.4 is 0 Å². The molecule has 1 aliphatic rings. The SMILES string of the molecule is CCn1nccc1/C=C/C(=O)N1CCC(CC)(CO)CC1. The van der Waals surface area contributed by atoms with E-state index in [1.54, 1.807) is 12.3 Å². The van der Waals surface area contributed by atoms with Crippen LogP contribution in [0.1, 0.15) is 38.8 Å². The van der Waals surface area contributed by atoms with E-state index in [1.807, 2.05) is 28.6 Å². The summed E-state index contributed by atoms with van der Waals surface area (Å²) in [6.45, 7) is 6.60. The lowest BCUT2D eigenvalue weighted by Gasteiger charge is -2.39. The van der Waals surface area contributed by atoms with E-state index in [0.29, 0.717) is 0 Å². The van der Waals surface area contributed by atoms with Gasteiger partial charge in [-0.05, 0) is 43.7 Å². The van der Waals surface area contributed by atoms with Crippen LogP contribution in [0, 0.1) is 5.41 Å². The molecule has 1 N–H and O–H groups in total. The Labute approximate surface area is 126 Å². The Kier molecular flexibility index (Phi) is 5.17. The first-order chi connectivity index (χ1) is 10.1. The molecule has 1 aliphatic heterocycles. The number of carbonyl (C=O) groups excluding carboxylic acids is 1. The molecule has 0 aromatic carbocycles. The third-order valence-corrected chi connectivity index (χ3v) is 4.67. The van der Waals surface area contributed by atoms with Crippen LogP contribution in [-0.2, 0) is 11.3 Å². The average Bonchev–Trinajstić information content (AvgIpc) is 3.00. The van der Waals surface area contributed by atoms with Gasteiger partial charge in [0.2, 0.25) is 5.91 Å². The van der Waals surface area contributed by atoms with Crippen molar-refractivity contribution in [2.24, 2.45) is 5.41 Å². The second kappa shape index (κ2) is 6.89. The van der Waals surface area contributed by atoms with Crippen LogP contribution in [0.25, 0.3) is 6.08 Å². The fourth-order valence-electron chi connectivity index (χ4n) is 2.84. The van der Waals surface area contributed by atoms with Crippen molar-refractivity contribution in [1.29, 1.82) is 0 Å². The van der Waals surface area contributed by atoms with Crippen molar-refractivity contribution in [3.8, 4) is 0 Å². The fourth-order valence-corrected chi connectivity index (χ4v) is 2.84. The molecule has 1 fully saturated rings. The quantitative estimate of drug-likeness (QED) is 0.843. The molecule has 2 rings (SSSR count). The first kappa shape index (κ1) is 15.8. The molecule has 1 aromatic heterocycles. The van der Waals surface area contributed by atoms with Crippen molar-refractivity contribution >= 4 is 12.0 Å². The first-order valence-electron chi connectivity index (χ1n) is 7.74. The topological polar surface area (TPSA) is 58.4 Å². The number of rotatable bonds is 5. The summed E-state index contributed by atoms with van der Waals surface area (Å²) < 4.78 is 1.86. The number of aliphatic hydroxyl groups excluding tert-OH is 1. The van der Waals surface area contributed by atoms with Gasteiger partial charge in [-0.1, -0.05) is 6.92 Å². The molecule has 21 heavy (non-hydrogen) atoms. The summed E-state index contributed by atoms with van der Waals surface area (Å²) in [4.78, 5) is 14.1. The highest BCUT2D eigenvalue weighted by Gasteiger charge is 2.33. The fraction of sp³-hybridized carbons (Fsp3) is 0.625. The molecule has 0 saturated carbocycles. The molecular formula is C16H25N3O2. The number of nitrogens with zero attached hydrogens (tertiary/aromatic N) is 3. The minimum Gasteiger partial charge on any atom is -0.396 e. The smallest absolute Gasteiger partial charge is 0.246 e. The normalized spacial score (nSPS) is 18.3.